The summed E-state index contributed by atoms with van der Waals surface area (Å²) in [4.78, 5) is 14.6. The lowest BCUT2D eigenvalue weighted by molar-refractivity contribution is 0.0793. The van der Waals surface area contributed by atoms with E-state index in [2.05, 4.69) is 10.5 Å². The maximum atomic E-state index is 12.7. The molecule has 2 heterocycles. The summed E-state index contributed by atoms with van der Waals surface area (Å²) in [6.45, 7) is 5.98. The molecule has 1 aromatic carbocycles. The highest BCUT2D eigenvalue weighted by molar-refractivity contribution is 6.31. The van der Waals surface area contributed by atoms with E-state index in [9.17, 15) is 4.79 Å². The molecule has 0 spiro atoms. The molecule has 1 aliphatic rings. The summed E-state index contributed by atoms with van der Waals surface area (Å²) in [5.41, 5.74) is 3.26. The second kappa shape index (κ2) is 6.62. The summed E-state index contributed by atoms with van der Waals surface area (Å²) in [5, 5.41) is 7.86. The Morgan fingerprint density at radius 3 is 2.74 bits per heavy atom. The van der Waals surface area contributed by atoms with Gasteiger partial charge >= 0.3 is 0 Å². The number of anilines is 1. The molecule has 0 radical (unpaired) electrons. The van der Waals surface area contributed by atoms with Crippen molar-refractivity contribution < 1.29 is 9.32 Å². The molecule has 0 saturated carbocycles. The average molecular weight is 334 g/mol. The van der Waals surface area contributed by atoms with E-state index in [4.69, 9.17) is 16.1 Å². The summed E-state index contributed by atoms with van der Waals surface area (Å²) < 4.78 is 5.18. The average Bonchev–Trinajstić information content (AvgIpc) is 3.16. The van der Waals surface area contributed by atoms with Crippen molar-refractivity contribution in [2.24, 2.45) is 0 Å². The van der Waals surface area contributed by atoms with Crippen LogP contribution in [0.2, 0.25) is 5.02 Å². The van der Waals surface area contributed by atoms with Crippen molar-refractivity contribution in [3.8, 4) is 0 Å². The molecule has 5 nitrogen and oxygen atoms in total. The van der Waals surface area contributed by atoms with Crippen molar-refractivity contribution in [1.82, 2.24) is 10.1 Å². The normalized spacial score (nSPS) is 14.3. The highest BCUT2D eigenvalue weighted by atomic mass is 35.5. The molecule has 2 aromatic rings. The van der Waals surface area contributed by atoms with Crippen LogP contribution in [0, 0.1) is 13.8 Å². The van der Waals surface area contributed by atoms with Gasteiger partial charge < -0.3 is 14.7 Å². The zero-order valence-corrected chi connectivity index (χ0v) is 14.1. The first-order chi connectivity index (χ1) is 11.1. The van der Waals surface area contributed by atoms with Gasteiger partial charge in [-0.05, 0) is 44.9 Å². The molecule has 122 valence electrons. The number of carbonyl (C=O) groups is 1. The molecular formula is C17H20ClN3O2. The number of aryl methyl sites for hydroxylation is 2. The molecule has 0 atom stereocenters. The number of likely N-dealkylation sites (tertiary alicyclic amines) is 1. The number of halogens is 1. The second-order valence-electron chi connectivity index (χ2n) is 5.85. The molecule has 1 fully saturated rings. The van der Waals surface area contributed by atoms with Gasteiger partial charge in [0.05, 0.1) is 11.3 Å². The smallest absolute Gasteiger partial charge is 0.255 e. The van der Waals surface area contributed by atoms with E-state index < -0.39 is 0 Å². The van der Waals surface area contributed by atoms with Crippen LogP contribution in [-0.4, -0.2) is 29.1 Å². The van der Waals surface area contributed by atoms with Gasteiger partial charge in [-0.1, -0.05) is 16.8 Å². The van der Waals surface area contributed by atoms with Gasteiger partial charge in [0.15, 0.2) is 0 Å². The topological polar surface area (TPSA) is 58.4 Å². The van der Waals surface area contributed by atoms with E-state index in [1.807, 2.05) is 18.7 Å². The van der Waals surface area contributed by atoms with Crippen LogP contribution < -0.4 is 5.32 Å². The van der Waals surface area contributed by atoms with Crippen LogP contribution in [0.3, 0.4) is 0 Å². The predicted molar refractivity (Wildman–Crippen MR) is 89.9 cm³/mol. The molecule has 0 aliphatic carbocycles. The summed E-state index contributed by atoms with van der Waals surface area (Å²) in [7, 11) is 0. The molecule has 6 heteroatoms. The van der Waals surface area contributed by atoms with E-state index in [1.54, 1.807) is 18.2 Å². The molecular weight excluding hydrogens is 314 g/mol. The minimum absolute atomic E-state index is 0.0560. The SMILES string of the molecule is Cc1noc(C)c1CNc1cc(Cl)ccc1C(=O)N1CCCC1. The van der Waals surface area contributed by atoms with Crippen LogP contribution in [0.4, 0.5) is 5.69 Å². The van der Waals surface area contributed by atoms with E-state index >= 15 is 0 Å². The molecule has 3 rings (SSSR count). The number of hydrogen-bond acceptors (Lipinski definition) is 4. The quantitative estimate of drug-likeness (QED) is 0.924. The highest BCUT2D eigenvalue weighted by Crippen LogP contribution is 2.25. The number of hydrogen-bond donors (Lipinski definition) is 1. The van der Waals surface area contributed by atoms with Crippen LogP contribution in [0.1, 0.15) is 40.2 Å². The Bertz CT molecular complexity index is 701. The van der Waals surface area contributed by atoms with E-state index in [1.165, 1.54) is 0 Å². The first-order valence-electron chi connectivity index (χ1n) is 7.80. The third kappa shape index (κ3) is 3.34. The van der Waals surface area contributed by atoms with Gasteiger partial charge in [0, 0.05) is 35.9 Å². The Balaban J connectivity index is 1.83. The maximum Gasteiger partial charge on any atom is 0.255 e. The number of aromatic nitrogens is 1. The van der Waals surface area contributed by atoms with Gasteiger partial charge in [0.1, 0.15) is 5.76 Å². The van der Waals surface area contributed by atoms with Crippen LogP contribution in [-0.2, 0) is 6.54 Å². The summed E-state index contributed by atoms with van der Waals surface area (Å²) >= 11 is 6.11. The molecule has 1 saturated heterocycles. The van der Waals surface area contributed by atoms with Gasteiger partial charge in [0.25, 0.3) is 5.91 Å². The van der Waals surface area contributed by atoms with E-state index in [-0.39, 0.29) is 5.91 Å². The minimum atomic E-state index is 0.0560. The number of benzene rings is 1. The van der Waals surface area contributed by atoms with Crippen molar-refractivity contribution in [2.45, 2.75) is 33.2 Å². The van der Waals surface area contributed by atoms with Gasteiger partial charge in [-0.25, -0.2) is 0 Å². The zero-order chi connectivity index (χ0) is 16.4. The van der Waals surface area contributed by atoms with Crippen LogP contribution in [0.25, 0.3) is 0 Å². The first-order valence-corrected chi connectivity index (χ1v) is 8.18. The molecule has 23 heavy (non-hydrogen) atoms. The van der Waals surface area contributed by atoms with Crippen molar-refractivity contribution in [3.63, 3.8) is 0 Å². The van der Waals surface area contributed by atoms with Crippen LogP contribution >= 0.6 is 11.6 Å². The van der Waals surface area contributed by atoms with Crippen molar-refractivity contribution in [3.05, 3.63) is 45.8 Å². The third-order valence-electron chi connectivity index (χ3n) is 4.24. The van der Waals surface area contributed by atoms with E-state index in [0.717, 1.165) is 48.6 Å². The maximum absolute atomic E-state index is 12.7. The zero-order valence-electron chi connectivity index (χ0n) is 13.4. The monoisotopic (exact) mass is 333 g/mol. The largest absolute Gasteiger partial charge is 0.380 e. The first kappa shape index (κ1) is 15.9. The standard InChI is InChI=1S/C17H20ClN3O2/c1-11-15(12(2)23-20-11)10-19-16-9-13(18)5-6-14(16)17(22)21-7-3-4-8-21/h5-6,9,19H,3-4,7-8,10H2,1-2H3. The fourth-order valence-corrected chi connectivity index (χ4v) is 3.05. The lowest BCUT2D eigenvalue weighted by Crippen LogP contribution is -2.28. The Morgan fingerprint density at radius 2 is 2.09 bits per heavy atom. The van der Waals surface area contributed by atoms with Crippen molar-refractivity contribution in [2.75, 3.05) is 18.4 Å². The van der Waals surface area contributed by atoms with Crippen LogP contribution in [0.5, 0.6) is 0 Å². The summed E-state index contributed by atoms with van der Waals surface area (Å²) in [6.07, 6.45) is 2.14. The third-order valence-corrected chi connectivity index (χ3v) is 4.48. The van der Waals surface area contributed by atoms with Crippen molar-refractivity contribution in [1.29, 1.82) is 0 Å². The molecule has 0 bridgehead atoms. The van der Waals surface area contributed by atoms with Crippen molar-refractivity contribution >= 4 is 23.2 Å². The predicted octanol–water partition coefficient (Wildman–Crippen LogP) is 3.79. The number of nitrogens with one attached hydrogen (secondary N) is 1. The fraction of sp³-hybridized carbons (Fsp3) is 0.412. The van der Waals surface area contributed by atoms with Gasteiger partial charge in [0.2, 0.25) is 0 Å². The number of amides is 1. The van der Waals surface area contributed by atoms with E-state index in [0.29, 0.717) is 17.1 Å². The molecule has 0 unspecified atom stereocenters. The van der Waals surface area contributed by atoms with Gasteiger partial charge in [-0.3, -0.25) is 4.79 Å². The fourth-order valence-electron chi connectivity index (χ4n) is 2.88. The Labute approximate surface area is 140 Å². The second-order valence-corrected chi connectivity index (χ2v) is 6.28. The molecule has 1 aromatic heterocycles. The molecule has 1 N–H and O–H groups in total. The number of rotatable bonds is 4. The Morgan fingerprint density at radius 1 is 1.35 bits per heavy atom. The Kier molecular flexibility index (Phi) is 4.57. The van der Waals surface area contributed by atoms with Crippen LogP contribution in [0.15, 0.2) is 22.7 Å². The number of nitrogens with zero attached hydrogens (tertiary/aromatic N) is 2. The minimum Gasteiger partial charge on any atom is -0.380 e. The lowest BCUT2D eigenvalue weighted by atomic mass is 10.1. The van der Waals surface area contributed by atoms with Gasteiger partial charge in [-0.2, -0.15) is 0 Å². The highest BCUT2D eigenvalue weighted by Gasteiger charge is 2.22. The summed E-state index contributed by atoms with van der Waals surface area (Å²) in [6, 6.07) is 5.34. The molecule has 1 amide bonds. The summed E-state index contributed by atoms with van der Waals surface area (Å²) in [5.74, 6) is 0.838. The molecule has 1 aliphatic heterocycles. The Hall–Kier alpha value is -2.01. The van der Waals surface area contributed by atoms with Gasteiger partial charge in [-0.15, -0.1) is 0 Å². The lowest BCUT2D eigenvalue weighted by Gasteiger charge is -2.18. The number of carbonyl (C=O) groups excluding carboxylic acids is 1.